The molecule has 13 heteroatoms. The summed E-state index contributed by atoms with van der Waals surface area (Å²) in [4.78, 5) is 43.1. The first-order chi connectivity index (χ1) is 17.6. The smallest absolute Gasteiger partial charge is 0.336 e. The molecule has 0 saturated heterocycles. The van der Waals surface area contributed by atoms with Crippen molar-refractivity contribution in [1.82, 2.24) is 5.32 Å². The Kier molecular flexibility index (Phi) is 11.4. The minimum atomic E-state index is -1.47. The van der Waals surface area contributed by atoms with Crippen LogP contribution in [0.5, 0.6) is 0 Å². The number of hydrogen-bond donors (Lipinski definition) is 1. The summed E-state index contributed by atoms with van der Waals surface area (Å²) < 4.78 is 11.4. The number of hydrogen-bond acceptors (Lipinski definition) is 8. The van der Waals surface area contributed by atoms with Gasteiger partial charge in [-0.15, -0.1) is 0 Å². The molecule has 1 heterocycles. The first-order valence-corrected chi connectivity index (χ1v) is 15.8. The Hall–Kier alpha value is -3.54. The number of nitro benzene ring substituents is 1. The summed E-state index contributed by atoms with van der Waals surface area (Å²) in [5.74, 6) is -1.24. The SMILES string of the molecule is CCC1=NC(COCCCN=[N+]=[N-])=C(C(=O)OCC[Si](C)(C)C)C(c2ccc([N+](=O)[O-])cc2)C1NC=O. The van der Waals surface area contributed by atoms with Gasteiger partial charge in [-0.1, -0.05) is 43.8 Å². The maximum atomic E-state index is 13.5. The molecule has 2 atom stereocenters. The molecule has 1 amide bonds. The summed E-state index contributed by atoms with van der Waals surface area (Å²) in [6, 6.07) is 6.02. The standard InChI is InChI=1S/C24H34N6O6Si/c1-5-19-23(26-16-31)21(17-7-9-18(10-8-17)30(33)34)22(24(32)36-13-14-37(2,3)4)20(28-19)15-35-12-6-11-27-29-25/h7-10,16,21,23H,5-6,11-15H2,1-4H3,(H,26,31). The molecule has 0 saturated carbocycles. The van der Waals surface area contributed by atoms with Crippen molar-refractivity contribution in [2.75, 3.05) is 26.4 Å². The van der Waals surface area contributed by atoms with Crippen LogP contribution < -0.4 is 5.32 Å². The molecular formula is C24H34N6O6Si. The number of carbonyl (C=O) groups excluding carboxylic acids is 2. The molecular weight excluding hydrogens is 496 g/mol. The molecule has 200 valence electrons. The van der Waals surface area contributed by atoms with E-state index in [0.717, 1.165) is 6.04 Å². The van der Waals surface area contributed by atoms with Crippen LogP contribution in [-0.4, -0.2) is 63.5 Å². The fourth-order valence-corrected chi connectivity index (χ4v) is 4.62. The highest BCUT2D eigenvalue weighted by atomic mass is 28.3. The van der Waals surface area contributed by atoms with Crippen LogP contribution in [0, 0.1) is 10.1 Å². The largest absolute Gasteiger partial charge is 0.463 e. The monoisotopic (exact) mass is 530 g/mol. The van der Waals surface area contributed by atoms with Gasteiger partial charge in [-0.25, -0.2) is 4.79 Å². The summed E-state index contributed by atoms with van der Waals surface area (Å²) in [5.41, 5.74) is 10.2. The molecule has 0 aliphatic carbocycles. The van der Waals surface area contributed by atoms with E-state index in [1.807, 2.05) is 6.92 Å². The van der Waals surface area contributed by atoms with Crippen molar-refractivity contribution in [3.8, 4) is 0 Å². The summed E-state index contributed by atoms with van der Waals surface area (Å²) >= 11 is 0. The Morgan fingerprint density at radius 3 is 2.57 bits per heavy atom. The number of nitrogens with one attached hydrogen (secondary N) is 1. The highest BCUT2D eigenvalue weighted by molar-refractivity contribution is 6.76. The molecule has 0 radical (unpaired) electrons. The highest BCUT2D eigenvalue weighted by Gasteiger charge is 2.39. The van der Waals surface area contributed by atoms with Crippen molar-refractivity contribution in [2.45, 2.75) is 57.4 Å². The van der Waals surface area contributed by atoms with Crippen molar-refractivity contribution in [2.24, 2.45) is 10.1 Å². The van der Waals surface area contributed by atoms with E-state index in [1.165, 1.54) is 12.1 Å². The molecule has 1 aromatic rings. The third-order valence-corrected chi connectivity index (χ3v) is 7.52. The van der Waals surface area contributed by atoms with E-state index < -0.39 is 30.9 Å². The van der Waals surface area contributed by atoms with Crippen LogP contribution in [0.1, 0.15) is 31.2 Å². The molecule has 0 fully saturated rings. The van der Waals surface area contributed by atoms with Gasteiger partial charge in [0.05, 0.1) is 35.4 Å². The van der Waals surface area contributed by atoms with Crippen molar-refractivity contribution in [3.05, 3.63) is 61.7 Å². The van der Waals surface area contributed by atoms with Gasteiger partial charge in [-0.2, -0.15) is 0 Å². The van der Waals surface area contributed by atoms with Crippen molar-refractivity contribution < 1.29 is 24.0 Å². The number of carbonyl (C=O) groups is 2. The Morgan fingerprint density at radius 1 is 1.30 bits per heavy atom. The van der Waals surface area contributed by atoms with E-state index in [0.29, 0.717) is 36.2 Å². The lowest BCUT2D eigenvalue weighted by molar-refractivity contribution is -0.384. The van der Waals surface area contributed by atoms with Crippen molar-refractivity contribution >= 4 is 31.9 Å². The zero-order valence-electron chi connectivity index (χ0n) is 21.7. The summed E-state index contributed by atoms with van der Waals surface area (Å²) in [7, 11) is -1.47. The van der Waals surface area contributed by atoms with Gasteiger partial charge in [0, 0.05) is 49.9 Å². The topological polar surface area (TPSA) is 169 Å². The number of ether oxygens (including phenoxy) is 2. The first-order valence-electron chi connectivity index (χ1n) is 12.1. The van der Waals surface area contributed by atoms with E-state index in [2.05, 4.69) is 40.0 Å². The third kappa shape index (κ3) is 8.81. The van der Waals surface area contributed by atoms with E-state index in [1.54, 1.807) is 12.1 Å². The summed E-state index contributed by atoms with van der Waals surface area (Å²) in [6.45, 7) is 9.25. The molecule has 1 aliphatic rings. The maximum absolute atomic E-state index is 13.5. The number of nitrogens with zero attached hydrogens (tertiary/aromatic N) is 5. The van der Waals surface area contributed by atoms with Crippen molar-refractivity contribution in [3.63, 3.8) is 0 Å². The molecule has 1 N–H and O–H groups in total. The van der Waals surface area contributed by atoms with Gasteiger partial charge in [-0.3, -0.25) is 19.9 Å². The average molecular weight is 531 g/mol. The average Bonchev–Trinajstić information content (AvgIpc) is 2.85. The molecule has 0 spiro atoms. The highest BCUT2D eigenvalue weighted by Crippen LogP contribution is 2.37. The van der Waals surface area contributed by atoms with Crippen LogP contribution in [0.15, 0.2) is 45.6 Å². The van der Waals surface area contributed by atoms with E-state index >= 15 is 0 Å². The quantitative estimate of drug-likeness (QED) is 0.0402. The number of esters is 1. The lowest BCUT2D eigenvalue weighted by Crippen LogP contribution is -2.45. The molecule has 2 rings (SSSR count). The van der Waals surface area contributed by atoms with E-state index in [-0.39, 0.29) is 37.6 Å². The number of azide groups is 1. The van der Waals surface area contributed by atoms with Gasteiger partial charge in [0.1, 0.15) is 0 Å². The van der Waals surface area contributed by atoms with Gasteiger partial charge in [0.25, 0.3) is 5.69 Å². The predicted octanol–water partition coefficient (Wildman–Crippen LogP) is 4.51. The third-order valence-electron chi connectivity index (χ3n) is 5.82. The van der Waals surface area contributed by atoms with Crippen molar-refractivity contribution in [1.29, 1.82) is 0 Å². The minimum Gasteiger partial charge on any atom is -0.463 e. The zero-order valence-corrected chi connectivity index (χ0v) is 22.7. The second kappa shape index (κ2) is 14.3. The zero-order chi connectivity index (χ0) is 27.4. The molecule has 1 aromatic carbocycles. The normalized spacial score (nSPS) is 17.5. The van der Waals surface area contributed by atoms with E-state index in [9.17, 15) is 19.7 Å². The van der Waals surface area contributed by atoms with Gasteiger partial charge in [0.15, 0.2) is 0 Å². The molecule has 2 unspecified atom stereocenters. The Bertz CT molecular complexity index is 1080. The Balaban J connectivity index is 2.52. The second-order valence-electron chi connectivity index (χ2n) is 9.71. The first kappa shape index (κ1) is 29.7. The lowest BCUT2D eigenvalue weighted by Gasteiger charge is -2.34. The van der Waals surface area contributed by atoms with Crippen LogP contribution in [0.25, 0.3) is 10.4 Å². The number of amides is 1. The molecule has 1 aliphatic heterocycles. The van der Waals surface area contributed by atoms with E-state index in [4.69, 9.17) is 15.0 Å². The number of benzene rings is 1. The van der Waals surface area contributed by atoms with Crippen LogP contribution in [-0.2, 0) is 19.1 Å². The van der Waals surface area contributed by atoms with Crippen LogP contribution >= 0.6 is 0 Å². The Morgan fingerprint density at radius 2 is 2.00 bits per heavy atom. The fraction of sp³-hybridized carbons (Fsp3) is 0.542. The number of non-ortho nitro benzene ring substituents is 1. The number of aliphatic imine (C=N–C) groups is 1. The second-order valence-corrected chi connectivity index (χ2v) is 15.3. The maximum Gasteiger partial charge on any atom is 0.336 e. The van der Waals surface area contributed by atoms with Gasteiger partial charge < -0.3 is 14.8 Å². The molecule has 0 aromatic heterocycles. The molecule has 0 bridgehead atoms. The molecule has 12 nitrogen and oxygen atoms in total. The van der Waals surface area contributed by atoms with Crippen LogP contribution in [0.2, 0.25) is 25.7 Å². The van der Waals surface area contributed by atoms with Crippen LogP contribution in [0.4, 0.5) is 5.69 Å². The molecule has 37 heavy (non-hydrogen) atoms. The summed E-state index contributed by atoms with van der Waals surface area (Å²) in [5, 5.41) is 17.5. The number of rotatable bonds is 15. The van der Waals surface area contributed by atoms with Gasteiger partial charge in [-0.05, 0) is 30.0 Å². The van der Waals surface area contributed by atoms with Gasteiger partial charge in [0.2, 0.25) is 6.41 Å². The lowest BCUT2D eigenvalue weighted by atomic mass is 9.79. The van der Waals surface area contributed by atoms with Gasteiger partial charge >= 0.3 is 5.97 Å². The minimum absolute atomic E-state index is 0.00944. The van der Waals surface area contributed by atoms with Crippen LogP contribution in [0.3, 0.4) is 0 Å². The predicted molar refractivity (Wildman–Crippen MR) is 142 cm³/mol. The summed E-state index contributed by atoms with van der Waals surface area (Å²) in [6.07, 6.45) is 1.55. The fourth-order valence-electron chi connectivity index (χ4n) is 3.90. The number of nitro groups is 1. The Labute approximate surface area is 216 Å².